The van der Waals surface area contributed by atoms with Gasteiger partial charge < -0.3 is 28.8 Å². The van der Waals surface area contributed by atoms with Gasteiger partial charge in [-0.05, 0) is 69.9 Å². The molecule has 0 radical (unpaired) electrons. The van der Waals surface area contributed by atoms with Crippen LogP contribution in [-0.4, -0.2) is 73.3 Å². The Kier molecular flexibility index (Phi) is 26.5. The summed E-state index contributed by atoms with van der Waals surface area (Å²) in [5, 5.41) is 19.4. The maximum absolute atomic E-state index is 9.76. The molecule has 0 aliphatic heterocycles. The minimum atomic E-state index is -1.53. The van der Waals surface area contributed by atoms with Crippen molar-refractivity contribution in [1.82, 2.24) is 0 Å². The van der Waals surface area contributed by atoms with E-state index in [1.807, 2.05) is 0 Å². The number of carboxylic acids is 2. The molecule has 210 valence electrons. The monoisotopic (exact) mass is 500 g/mol. The quantitative estimate of drug-likeness (QED) is 0.207. The molecule has 0 rings (SSSR count). The Morgan fingerprint density at radius 3 is 0.800 bits per heavy atom. The van der Waals surface area contributed by atoms with E-state index in [0.717, 1.165) is 6.92 Å². The van der Waals surface area contributed by atoms with Gasteiger partial charge in [-0.1, -0.05) is 55.4 Å². The molecular weight excluding hydrogens is 440 g/mol. The maximum atomic E-state index is 9.76. The Hall–Kier alpha value is -1.40. The van der Waals surface area contributed by atoms with Crippen LogP contribution >= 0.6 is 0 Å². The minimum Gasteiger partial charge on any atom is -0.545 e. The van der Waals surface area contributed by atoms with Crippen molar-refractivity contribution >= 4 is 11.9 Å². The molecule has 0 amide bonds. The first-order valence-electron chi connectivity index (χ1n) is 14.3. The fraction of sp³-hybridized carbons (Fsp3) is 0.862. The van der Waals surface area contributed by atoms with Crippen LogP contribution in [0.15, 0.2) is 11.6 Å². The number of aliphatic carboxylic acids is 2. The van der Waals surface area contributed by atoms with Gasteiger partial charge in [-0.25, -0.2) is 0 Å². The van der Waals surface area contributed by atoms with Gasteiger partial charge in [-0.15, -0.1) is 0 Å². The number of hydrogen-bond acceptors (Lipinski definition) is 4. The normalized spacial score (nSPS) is 11.7. The molecule has 0 aliphatic carbocycles. The van der Waals surface area contributed by atoms with Crippen molar-refractivity contribution in [3.8, 4) is 0 Å². The van der Waals surface area contributed by atoms with Crippen molar-refractivity contribution < 1.29 is 28.8 Å². The average molecular weight is 501 g/mol. The van der Waals surface area contributed by atoms with Gasteiger partial charge in [-0.2, -0.15) is 0 Å². The lowest BCUT2D eigenvalue weighted by molar-refractivity contribution is -0.928. The third-order valence-electron chi connectivity index (χ3n) is 6.24. The Balaban J connectivity index is -0.000000448. The van der Waals surface area contributed by atoms with E-state index in [-0.39, 0.29) is 5.57 Å². The van der Waals surface area contributed by atoms with E-state index < -0.39 is 11.9 Å². The zero-order valence-electron chi connectivity index (χ0n) is 24.9. The summed E-state index contributed by atoms with van der Waals surface area (Å²) in [4.78, 5) is 19.4. The Labute approximate surface area is 218 Å². The summed E-state index contributed by atoms with van der Waals surface area (Å²) < 4.78 is 2.75. The van der Waals surface area contributed by atoms with Crippen LogP contribution in [0.4, 0.5) is 0 Å². The highest BCUT2D eigenvalue weighted by Gasteiger charge is 2.23. The molecule has 0 saturated carbocycles. The first-order chi connectivity index (χ1) is 16.5. The molecule has 0 aliphatic rings. The summed E-state index contributed by atoms with van der Waals surface area (Å²) in [5.74, 6) is -3.03. The van der Waals surface area contributed by atoms with E-state index in [2.05, 4.69) is 55.4 Å². The predicted molar refractivity (Wildman–Crippen MR) is 146 cm³/mol. The lowest BCUT2D eigenvalue weighted by Gasteiger charge is -2.38. The van der Waals surface area contributed by atoms with Crippen molar-refractivity contribution in [2.75, 3.05) is 52.4 Å². The average Bonchev–Trinajstić information content (AvgIpc) is 2.76. The number of nitrogens with zero attached hydrogens (tertiary/aromatic N) is 2. The van der Waals surface area contributed by atoms with Crippen molar-refractivity contribution in [1.29, 1.82) is 0 Å². The van der Waals surface area contributed by atoms with Crippen LogP contribution in [0.1, 0.15) is 114 Å². The zero-order chi connectivity index (χ0) is 27.8. The summed E-state index contributed by atoms with van der Waals surface area (Å²) in [6, 6.07) is 0. The van der Waals surface area contributed by atoms with Crippen LogP contribution < -0.4 is 10.2 Å². The molecule has 0 spiro atoms. The fourth-order valence-electron chi connectivity index (χ4n) is 5.37. The van der Waals surface area contributed by atoms with E-state index in [1.165, 1.54) is 113 Å². The lowest BCUT2D eigenvalue weighted by atomic mass is 10.2. The molecule has 0 atom stereocenters. The van der Waals surface area contributed by atoms with E-state index in [4.69, 9.17) is 0 Å². The topological polar surface area (TPSA) is 80.3 Å². The van der Waals surface area contributed by atoms with E-state index in [1.54, 1.807) is 0 Å². The molecule has 6 heteroatoms. The van der Waals surface area contributed by atoms with E-state index >= 15 is 0 Å². The molecule has 0 bridgehead atoms. The Bertz CT molecular complexity index is 460. The molecule has 0 saturated heterocycles. The van der Waals surface area contributed by atoms with Gasteiger partial charge in [0, 0.05) is 0 Å². The van der Waals surface area contributed by atoms with Crippen molar-refractivity contribution in [3.05, 3.63) is 11.6 Å². The van der Waals surface area contributed by atoms with Crippen molar-refractivity contribution in [2.24, 2.45) is 0 Å². The number of hydrogen-bond donors (Lipinski definition) is 0. The molecule has 0 aromatic rings. The molecule has 0 fully saturated rings. The number of carboxylic acid groups (broad SMARTS) is 2. The first kappa shape index (κ1) is 38.1. The van der Waals surface area contributed by atoms with E-state index in [9.17, 15) is 19.8 Å². The van der Waals surface area contributed by atoms with Crippen LogP contribution in [0.2, 0.25) is 0 Å². The summed E-state index contributed by atoms with van der Waals surface area (Å²) >= 11 is 0. The van der Waals surface area contributed by atoms with Gasteiger partial charge in [0.2, 0.25) is 0 Å². The van der Waals surface area contributed by atoms with Crippen LogP contribution in [0.25, 0.3) is 0 Å². The highest BCUT2D eigenvalue weighted by Crippen LogP contribution is 2.13. The summed E-state index contributed by atoms with van der Waals surface area (Å²) in [6.45, 7) is 30.7. The lowest BCUT2D eigenvalue weighted by Crippen LogP contribution is -2.50. The fourth-order valence-corrected chi connectivity index (χ4v) is 5.37. The molecule has 0 heterocycles. The second-order valence-electron chi connectivity index (χ2n) is 9.91. The molecule has 6 nitrogen and oxygen atoms in total. The summed E-state index contributed by atoms with van der Waals surface area (Å²) in [7, 11) is 0. The second-order valence-corrected chi connectivity index (χ2v) is 9.91. The standard InChI is InChI=1S/2C12H28N.C5H6O4/c2*1-5-9-13(10-6-2,11-7-3)12-8-4;1-3(5(8)9)2-4(6)7/h2*5-12H2,1-4H3;2H,1H3,(H,6,7)(H,8,9)/q2*+1;/p-2/b;;3-2+. The summed E-state index contributed by atoms with van der Waals surface area (Å²) in [5.41, 5.74) is -0.352. The van der Waals surface area contributed by atoms with Gasteiger partial charge in [-0.3, -0.25) is 0 Å². The highest BCUT2D eigenvalue weighted by molar-refractivity contribution is 5.92. The Morgan fingerprint density at radius 2 is 0.714 bits per heavy atom. The van der Waals surface area contributed by atoms with Gasteiger partial charge in [0.05, 0.1) is 64.3 Å². The van der Waals surface area contributed by atoms with Crippen LogP contribution in [0, 0.1) is 0 Å². The highest BCUT2D eigenvalue weighted by atomic mass is 16.4. The molecule has 0 aromatic heterocycles. The molecule has 0 aromatic carbocycles. The third kappa shape index (κ3) is 20.5. The number of rotatable bonds is 18. The smallest absolute Gasteiger partial charge is 0.0783 e. The molecule has 35 heavy (non-hydrogen) atoms. The minimum absolute atomic E-state index is 0.352. The second kappa shape index (κ2) is 24.3. The SMILES string of the molecule is C/C(=C\C(=O)[O-])C(=O)[O-].CCC[N+](CCC)(CCC)CCC.CCC[N+](CCC)(CCC)CCC. The number of carbonyl (C=O) groups excluding carboxylic acids is 2. The summed E-state index contributed by atoms with van der Waals surface area (Å²) in [6.07, 6.45) is 11.1. The van der Waals surface area contributed by atoms with Crippen LogP contribution in [-0.2, 0) is 9.59 Å². The van der Waals surface area contributed by atoms with Gasteiger partial charge in [0.1, 0.15) is 0 Å². The largest absolute Gasteiger partial charge is 0.545 e. The number of carbonyl (C=O) groups is 2. The van der Waals surface area contributed by atoms with Gasteiger partial charge >= 0.3 is 0 Å². The zero-order valence-corrected chi connectivity index (χ0v) is 24.9. The first-order valence-corrected chi connectivity index (χ1v) is 14.3. The van der Waals surface area contributed by atoms with Crippen molar-refractivity contribution in [3.63, 3.8) is 0 Å². The number of quaternary nitrogens is 2. The molecule has 0 unspecified atom stereocenters. The predicted octanol–water partition coefficient (Wildman–Crippen LogP) is 4.32. The van der Waals surface area contributed by atoms with Gasteiger partial charge in [0.25, 0.3) is 0 Å². The van der Waals surface area contributed by atoms with Crippen LogP contribution in [0.3, 0.4) is 0 Å². The van der Waals surface area contributed by atoms with E-state index in [0.29, 0.717) is 6.08 Å². The Morgan fingerprint density at radius 1 is 0.514 bits per heavy atom. The molecule has 0 N–H and O–H groups in total. The molecular formula is C29H60N2O4. The van der Waals surface area contributed by atoms with Gasteiger partial charge in [0.15, 0.2) is 0 Å². The van der Waals surface area contributed by atoms with Crippen molar-refractivity contribution in [2.45, 2.75) is 114 Å². The maximum Gasteiger partial charge on any atom is 0.0783 e. The third-order valence-corrected chi connectivity index (χ3v) is 6.24. The van der Waals surface area contributed by atoms with Crippen LogP contribution in [0.5, 0.6) is 0 Å².